The number of aromatic nitrogens is 1. The van der Waals surface area contributed by atoms with Crippen molar-refractivity contribution in [2.75, 3.05) is 0 Å². The van der Waals surface area contributed by atoms with E-state index < -0.39 is 85.1 Å². The summed E-state index contributed by atoms with van der Waals surface area (Å²) in [6, 6.07) is 0. The van der Waals surface area contributed by atoms with E-state index >= 15 is 0 Å². The van der Waals surface area contributed by atoms with Crippen LogP contribution in [-0.2, 0) is 19.0 Å². The number of rotatable bonds is 6. The number of nitrogens with zero attached hydrogens (tertiary/aromatic N) is 1. The fourth-order valence-corrected chi connectivity index (χ4v) is 6.59. The van der Waals surface area contributed by atoms with Crippen LogP contribution in [-0.4, -0.2) is 114 Å². The predicted octanol–water partition coefficient (Wildman–Crippen LogP) is 4.92. The number of carbonyl (C=O) groups is 1. The summed E-state index contributed by atoms with van der Waals surface area (Å²) < 4.78 is 23.4. The first kappa shape index (κ1) is 49.3. The number of aliphatic hydroxyl groups is 7. The third kappa shape index (κ3) is 16.5. The monoisotopic (exact) mass is 823 g/mol. The van der Waals surface area contributed by atoms with E-state index in [0.29, 0.717) is 11.6 Å². The summed E-state index contributed by atoms with van der Waals surface area (Å²) in [6.07, 6.45) is 19.7. The van der Waals surface area contributed by atoms with E-state index in [4.69, 9.17) is 18.6 Å². The van der Waals surface area contributed by atoms with Crippen LogP contribution in [0.2, 0.25) is 0 Å². The van der Waals surface area contributed by atoms with Crippen LogP contribution in [0, 0.1) is 17.8 Å². The van der Waals surface area contributed by atoms with E-state index in [2.05, 4.69) is 4.98 Å². The topological polar surface area (TPSA) is 212 Å². The summed E-state index contributed by atoms with van der Waals surface area (Å²) in [7, 11) is 0. The molecule has 2 aliphatic heterocycles. The number of esters is 1. The lowest BCUT2D eigenvalue weighted by atomic mass is 9.86. The molecule has 0 aliphatic carbocycles. The Morgan fingerprint density at radius 1 is 0.780 bits per heavy atom. The van der Waals surface area contributed by atoms with Gasteiger partial charge in [-0.25, -0.2) is 9.78 Å². The molecule has 326 valence electrons. The molecule has 59 heavy (non-hydrogen) atoms. The first-order chi connectivity index (χ1) is 28.0. The summed E-state index contributed by atoms with van der Waals surface area (Å²) >= 11 is 0. The Hall–Kier alpha value is -4.02. The lowest BCUT2D eigenvalue weighted by Gasteiger charge is -2.40. The van der Waals surface area contributed by atoms with E-state index in [9.17, 15) is 40.5 Å². The molecule has 0 amide bonds. The lowest BCUT2D eigenvalue weighted by Crippen LogP contribution is -2.58. The second-order valence-corrected chi connectivity index (χ2v) is 15.6. The third-order valence-corrected chi connectivity index (χ3v) is 10.3. The maximum atomic E-state index is 12.9. The second-order valence-electron chi connectivity index (χ2n) is 15.6. The van der Waals surface area contributed by atoms with Crippen molar-refractivity contribution in [2.45, 2.75) is 135 Å². The van der Waals surface area contributed by atoms with Crippen molar-refractivity contribution in [3.8, 4) is 0 Å². The molecule has 15 atom stereocenters. The van der Waals surface area contributed by atoms with E-state index in [-0.39, 0.29) is 24.7 Å². The summed E-state index contributed by atoms with van der Waals surface area (Å²) in [4.78, 5) is 17.4. The molecule has 1 aromatic heterocycles. The molecule has 10 unspecified atom stereocenters. The van der Waals surface area contributed by atoms with Gasteiger partial charge in [-0.3, -0.25) is 0 Å². The van der Waals surface area contributed by atoms with E-state index in [1.165, 1.54) is 12.3 Å². The van der Waals surface area contributed by atoms with Crippen LogP contribution >= 0.6 is 0 Å². The molecular weight excluding hydrogens is 759 g/mol. The molecule has 13 nitrogen and oxygen atoms in total. The number of aliphatic hydroxyl groups excluding tert-OH is 7. The maximum absolute atomic E-state index is 12.9. The summed E-state index contributed by atoms with van der Waals surface area (Å²) in [5, 5.41) is 73.3. The first-order valence-corrected chi connectivity index (χ1v) is 20.3. The fraction of sp³-hybridized carbons (Fsp3) is 0.522. The van der Waals surface area contributed by atoms with Gasteiger partial charge in [-0.2, -0.15) is 0 Å². The highest BCUT2D eigenvalue weighted by Gasteiger charge is 2.43. The minimum atomic E-state index is -1.49. The molecule has 2 aliphatic rings. The molecule has 1 aromatic rings. The third-order valence-electron chi connectivity index (χ3n) is 10.3. The van der Waals surface area contributed by atoms with E-state index in [0.717, 1.165) is 5.57 Å². The normalized spacial score (nSPS) is 39.0. The van der Waals surface area contributed by atoms with Gasteiger partial charge in [0.15, 0.2) is 12.2 Å². The SMILES string of the molecule is CC1=C/C(C)C(O[C@@H]2O[C@H](C)[C@@H](O)[C@H](O)[C@H]2O)/C=C\C=C\c2coc(n2)C(C)C(O)CC(O)/C=C/C=C/C=C\C(C)C(C(C)C(O)CC(C)O)OC(=O)\C=C/C=C\C=C/1. The van der Waals surface area contributed by atoms with Gasteiger partial charge in [0.1, 0.15) is 36.4 Å². The van der Waals surface area contributed by atoms with Gasteiger partial charge in [0.25, 0.3) is 0 Å². The number of oxazole rings is 1. The van der Waals surface area contributed by atoms with Crippen LogP contribution in [0.3, 0.4) is 0 Å². The highest BCUT2D eigenvalue weighted by Crippen LogP contribution is 2.27. The van der Waals surface area contributed by atoms with Gasteiger partial charge in [-0.05, 0) is 33.3 Å². The predicted molar refractivity (Wildman–Crippen MR) is 225 cm³/mol. The smallest absolute Gasteiger partial charge is 0.331 e. The van der Waals surface area contributed by atoms with E-state index in [1.807, 2.05) is 39.0 Å². The van der Waals surface area contributed by atoms with Gasteiger partial charge in [-0.15, -0.1) is 0 Å². The van der Waals surface area contributed by atoms with Crippen molar-refractivity contribution >= 4 is 12.0 Å². The van der Waals surface area contributed by atoms with Crippen molar-refractivity contribution in [2.24, 2.45) is 17.8 Å². The van der Waals surface area contributed by atoms with Crippen LogP contribution < -0.4 is 0 Å². The summed E-state index contributed by atoms with van der Waals surface area (Å²) in [6.45, 7) is 12.4. The Bertz CT molecular complexity index is 1700. The number of carbonyl (C=O) groups excluding carboxylic acids is 1. The molecule has 2 bridgehead atoms. The summed E-state index contributed by atoms with van der Waals surface area (Å²) in [5.41, 5.74) is 1.39. The Morgan fingerprint density at radius 3 is 2.10 bits per heavy atom. The standard InChI is InChI=1S/C46H65NO12/c1-28-18-12-8-11-15-23-40(52)59-44(32(5)37(50)25-31(4)48)29(2)19-13-9-10-14-21-36(49)26-38(51)33(6)45-47-35(27-56-45)20-16-17-22-39(30(3)24-28)58-46-43(55)42(54)41(53)34(7)57-46/h8-24,27,29-34,36-39,41-44,46,48-51,53-55H,25-26H2,1-7H3/b10-9+,11-8-,18-12-,19-13-,20-16+,21-14+,22-17-,23-15-,28-24+/t29?,30?,31?,32?,33?,34-,36?,37?,38?,39?,41-,42+,43-,44?,46+/m1/s1. The van der Waals surface area contributed by atoms with Gasteiger partial charge < -0.3 is 54.4 Å². The molecule has 0 radical (unpaired) electrons. The average Bonchev–Trinajstić information content (AvgIpc) is 3.66. The second kappa shape index (κ2) is 24.9. The molecule has 1 saturated heterocycles. The minimum Gasteiger partial charge on any atom is -0.458 e. The molecule has 7 N–H and O–H groups in total. The summed E-state index contributed by atoms with van der Waals surface area (Å²) in [5.74, 6) is -1.88. The molecule has 0 spiro atoms. The number of hydrogen-bond donors (Lipinski definition) is 7. The Balaban J connectivity index is 1.91. The number of fused-ring (bicyclic) bond motifs is 2. The first-order valence-electron chi connectivity index (χ1n) is 20.3. The Kier molecular flexibility index (Phi) is 20.8. The Morgan fingerprint density at radius 2 is 1.41 bits per heavy atom. The molecular formula is C46H65NO12. The van der Waals surface area contributed by atoms with Crippen molar-refractivity contribution in [1.82, 2.24) is 4.98 Å². The van der Waals surface area contributed by atoms with Gasteiger partial charge in [-0.1, -0.05) is 124 Å². The van der Waals surface area contributed by atoms with Crippen molar-refractivity contribution in [3.05, 3.63) is 121 Å². The highest BCUT2D eigenvalue weighted by atomic mass is 16.7. The number of allylic oxidation sites excluding steroid dienone is 12. The zero-order chi connectivity index (χ0) is 43.6. The van der Waals surface area contributed by atoms with Gasteiger partial charge in [0.2, 0.25) is 0 Å². The van der Waals surface area contributed by atoms with Crippen LogP contribution in [0.1, 0.15) is 78.8 Å². The zero-order valence-electron chi connectivity index (χ0n) is 35.1. The quantitative estimate of drug-likeness (QED) is 0.190. The highest BCUT2D eigenvalue weighted by molar-refractivity contribution is 5.82. The van der Waals surface area contributed by atoms with Gasteiger partial charge in [0, 0.05) is 30.3 Å². The number of hydrogen-bond acceptors (Lipinski definition) is 13. The van der Waals surface area contributed by atoms with Gasteiger partial charge >= 0.3 is 5.97 Å². The number of cyclic esters (lactones) is 1. The van der Waals surface area contributed by atoms with Crippen LogP contribution in [0.5, 0.6) is 0 Å². The molecule has 3 rings (SSSR count). The number of ether oxygens (including phenoxy) is 3. The van der Waals surface area contributed by atoms with Crippen molar-refractivity contribution < 1.29 is 59.2 Å². The minimum absolute atomic E-state index is 0.0378. The maximum Gasteiger partial charge on any atom is 0.331 e. The molecule has 0 saturated carbocycles. The largest absolute Gasteiger partial charge is 0.458 e. The lowest BCUT2D eigenvalue weighted by molar-refractivity contribution is -0.302. The zero-order valence-corrected chi connectivity index (χ0v) is 35.1. The van der Waals surface area contributed by atoms with Crippen molar-refractivity contribution in [1.29, 1.82) is 0 Å². The van der Waals surface area contributed by atoms with Crippen LogP contribution in [0.15, 0.2) is 113 Å². The van der Waals surface area contributed by atoms with Crippen LogP contribution in [0.25, 0.3) is 6.08 Å². The van der Waals surface area contributed by atoms with E-state index in [1.54, 1.807) is 107 Å². The van der Waals surface area contributed by atoms with Crippen LogP contribution in [0.4, 0.5) is 0 Å². The Labute approximate surface area is 348 Å². The molecule has 3 heterocycles. The molecule has 1 fully saturated rings. The van der Waals surface area contributed by atoms with Gasteiger partial charge in [0.05, 0.1) is 42.5 Å². The van der Waals surface area contributed by atoms with Crippen molar-refractivity contribution in [3.63, 3.8) is 0 Å². The fourth-order valence-electron chi connectivity index (χ4n) is 6.59. The average molecular weight is 824 g/mol. The molecule has 13 heteroatoms. The molecule has 0 aromatic carbocycles.